The second kappa shape index (κ2) is 8.38. The highest BCUT2D eigenvalue weighted by atomic mass is 15.2. The Kier molecular flexibility index (Phi) is 6.50. The lowest BCUT2D eigenvalue weighted by atomic mass is 9.94. The topological polar surface area (TPSA) is 28.2 Å². The molecular formula is C18H31N3. The van der Waals surface area contributed by atoms with Crippen molar-refractivity contribution in [2.45, 2.75) is 65.5 Å². The zero-order chi connectivity index (χ0) is 15.1. The van der Waals surface area contributed by atoms with Gasteiger partial charge in [-0.3, -0.25) is 0 Å². The van der Waals surface area contributed by atoms with Gasteiger partial charge in [-0.1, -0.05) is 39.2 Å². The molecule has 0 spiro atoms. The fraction of sp³-hybridized carbons (Fsp3) is 0.722. The van der Waals surface area contributed by atoms with Gasteiger partial charge in [0.15, 0.2) is 0 Å². The van der Waals surface area contributed by atoms with Crippen molar-refractivity contribution in [3.8, 4) is 0 Å². The maximum atomic E-state index is 4.88. The van der Waals surface area contributed by atoms with E-state index in [4.69, 9.17) is 4.98 Å². The SMILES string of the molecule is CCN(c1cccc(CNCC(C)C)n1)C1CCCCC1. The highest BCUT2D eigenvalue weighted by molar-refractivity contribution is 5.40. The van der Waals surface area contributed by atoms with E-state index >= 15 is 0 Å². The van der Waals surface area contributed by atoms with E-state index < -0.39 is 0 Å². The average molecular weight is 289 g/mol. The summed E-state index contributed by atoms with van der Waals surface area (Å²) in [5.41, 5.74) is 1.16. The van der Waals surface area contributed by atoms with Crippen LogP contribution in [-0.4, -0.2) is 24.1 Å². The van der Waals surface area contributed by atoms with Gasteiger partial charge >= 0.3 is 0 Å². The van der Waals surface area contributed by atoms with Crippen molar-refractivity contribution in [1.29, 1.82) is 0 Å². The molecule has 0 saturated heterocycles. The van der Waals surface area contributed by atoms with Gasteiger partial charge in [0.05, 0.1) is 5.69 Å². The fourth-order valence-electron chi connectivity index (χ4n) is 3.21. The fourth-order valence-corrected chi connectivity index (χ4v) is 3.21. The van der Waals surface area contributed by atoms with E-state index in [1.807, 2.05) is 0 Å². The molecular weight excluding hydrogens is 258 g/mol. The Labute approximate surface area is 130 Å². The molecule has 2 rings (SSSR count). The Hall–Kier alpha value is -1.09. The van der Waals surface area contributed by atoms with Crippen LogP contribution in [-0.2, 0) is 6.54 Å². The molecule has 1 heterocycles. The number of anilines is 1. The molecule has 0 amide bonds. The van der Waals surface area contributed by atoms with Crippen molar-refractivity contribution in [3.63, 3.8) is 0 Å². The molecule has 1 aliphatic carbocycles. The molecule has 3 heteroatoms. The van der Waals surface area contributed by atoms with Gasteiger partial charge in [-0.2, -0.15) is 0 Å². The summed E-state index contributed by atoms with van der Waals surface area (Å²) in [6, 6.07) is 7.14. The van der Waals surface area contributed by atoms with E-state index in [-0.39, 0.29) is 0 Å². The van der Waals surface area contributed by atoms with Gasteiger partial charge in [-0.15, -0.1) is 0 Å². The zero-order valence-electron chi connectivity index (χ0n) is 13.9. The molecule has 0 radical (unpaired) electrons. The van der Waals surface area contributed by atoms with Gasteiger partial charge in [-0.05, 0) is 44.4 Å². The summed E-state index contributed by atoms with van der Waals surface area (Å²) < 4.78 is 0. The number of pyridine rings is 1. The van der Waals surface area contributed by atoms with Crippen LogP contribution in [0.4, 0.5) is 5.82 Å². The van der Waals surface area contributed by atoms with Crippen LogP contribution in [0.2, 0.25) is 0 Å². The van der Waals surface area contributed by atoms with Crippen LogP contribution in [0.5, 0.6) is 0 Å². The van der Waals surface area contributed by atoms with Crippen molar-refractivity contribution >= 4 is 5.82 Å². The van der Waals surface area contributed by atoms with Gasteiger partial charge in [0.2, 0.25) is 0 Å². The maximum absolute atomic E-state index is 4.88. The average Bonchev–Trinajstić information content (AvgIpc) is 2.49. The second-order valence-electron chi connectivity index (χ2n) is 6.59. The minimum atomic E-state index is 0.683. The molecule has 1 aromatic heterocycles. The Morgan fingerprint density at radius 1 is 1.24 bits per heavy atom. The Balaban J connectivity index is 2.00. The molecule has 1 aromatic rings. The summed E-state index contributed by atoms with van der Waals surface area (Å²) in [5, 5.41) is 3.48. The van der Waals surface area contributed by atoms with Crippen LogP contribution < -0.4 is 10.2 Å². The molecule has 0 atom stereocenters. The second-order valence-corrected chi connectivity index (χ2v) is 6.59. The van der Waals surface area contributed by atoms with E-state index in [0.29, 0.717) is 12.0 Å². The lowest BCUT2D eigenvalue weighted by molar-refractivity contribution is 0.416. The van der Waals surface area contributed by atoms with Crippen molar-refractivity contribution in [2.75, 3.05) is 18.0 Å². The molecule has 0 unspecified atom stereocenters. The van der Waals surface area contributed by atoms with Crippen LogP contribution in [0.3, 0.4) is 0 Å². The normalized spacial score (nSPS) is 16.4. The molecule has 1 saturated carbocycles. The first kappa shape index (κ1) is 16.3. The molecule has 118 valence electrons. The van der Waals surface area contributed by atoms with E-state index in [1.165, 1.54) is 32.1 Å². The summed E-state index contributed by atoms with van der Waals surface area (Å²) in [5.74, 6) is 1.84. The van der Waals surface area contributed by atoms with Crippen LogP contribution in [0.25, 0.3) is 0 Å². The van der Waals surface area contributed by atoms with Crippen molar-refractivity contribution in [3.05, 3.63) is 23.9 Å². The summed E-state index contributed by atoms with van der Waals surface area (Å²) >= 11 is 0. The number of rotatable bonds is 7. The highest BCUT2D eigenvalue weighted by Gasteiger charge is 2.21. The number of aromatic nitrogens is 1. The van der Waals surface area contributed by atoms with Crippen molar-refractivity contribution < 1.29 is 0 Å². The number of hydrogen-bond donors (Lipinski definition) is 1. The summed E-state index contributed by atoms with van der Waals surface area (Å²) in [6.07, 6.45) is 6.80. The predicted molar refractivity (Wildman–Crippen MR) is 90.7 cm³/mol. The molecule has 0 aliphatic heterocycles. The Bertz CT molecular complexity index is 411. The smallest absolute Gasteiger partial charge is 0.129 e. The molecule has 3 nitrogen and oxygen atoms in total. The number of hydrogen-bond acceptors (Lipinski definition) is 3. The third-order valence-electron chi connectivity index (χ3n) is 4.30. The molecule has 1 fully saturated rings. The first-order valence-corrected chi connectivity index (χ1v) is 8.64. The lowest BCUT2D eigenvalue weighted by Crippen LogP contribution is -2.37. The van der Waals surface area contributed by atoms with Gasteiger partial charge in [-0.25, -0.2) is 4.98 Å². The quantitative estimate of drug-likeness (QED) is 0.822. The third kappa shape index (κ3) is 4.99. The summed E-state index contributed by atoms with van der Waals surface area (Å²) in [7, 11) is 0. The van der Waals surface area contributed by atoms with Crippen molar-refractivity contribution in [2.24, 2.45) is 5.92 Å². The minimum absolute atomic E-state index is 0.683. The first-order chi connectivity index (χ1) is 10.2. The molecule has 0 bridgehead atoms. The molecule has 1 N–H and O–H groups in total. The van der Waals surface area contributed by atoms with E-state index in [1.54, 1.807) is 0 Å². The lowest BCUT2D eigenvalue weighted by Gasteiger charge is -2.34. The molecule has 0 aromatic carbocycles. The largest absolute Gasteiger partial charge is 0.354 e. The maximum Gasteiger partial charge on any atom is 0.129 e. The monoisotopic (exact) mass is 289 g/mol. The predicted octanol–water partition coefficient (Wildman–Crippen LogP) is 3.99. The van der Waals surface area contributed by atoms with E-state index in [2.05, 4.69) is 49.2 Å². The summed E-state index contributed by atoms with van der Waals surface area (Å²) in [6.45, 7) is 9.69. The van der Waals surface area contributed by atoms with Crippen LogP contribution in [0.15, 0.2) is 18.2 Å². The standard InChI is InChI=1S/C18H31N3/c1-4-21(17-10-6-5-7-11-17)18-12-8-9-16(20-18)14-19-13-15(2)3/h8-9,12,15,17,19H,4-7,10-11,13-14H2,1-3H3. The van der Waals surface area contributed by atoms with Gasteiger partial charge in [0, 0.05) is 19.1 Å². The number of nitrogens with one attached hydrogen (secondary N) is 1. The van der Waals surface area contributed by atoms with Crippen molar-refractivity contribution in [1.82, 2.24) is 10.3 Å². The molecule has 1 aliphatic rings. The van der Waals surface area contributed by atoms with Crippen LogP contribution in [0.1, 0.15) is 58.6 Å². The van der Waals surface area contributed by atoms with E-state index in [0.717, 1.165) is 31.1 Å². The minimum Gasteiger partial charge on any atom is -0.354 e. The highest BCUT2D eigenvalue weighted by Crippen LogP contribution is 2.26. The van der Waals surface area contributed by atoms with Gasteiger partial charge in [0.25, 0.3) is 0 Å². The Morgan fingerprint density at radius 2 is 2.00 bits per heavy atom. The number of nitrogens with zero attached hydrogens (tertiary/aromatic N) is 2. The van der Waals surface area contributed by atoms with Crippen LogP contribution in [0, 0.1) is 5.92 Å². The van der Waals surface area contributed by atoms with Gasteiger partial charge < -0.3 is 10.2 Å². The Morgan fingerprint density at radius 3 is 2.67 bits per heavy atom. The third-order valence-corrected chi connectivity index (χ3v) is 4.30. The first-order valence-electron chi connectivity index (χ1n) is 8.64. The molecule has 21 heavy (non-hydrogen) atoms. The van der Waals surface area contributed by atoms with E-state index in [9.17, 15) is 0 Å². The van der Waals surface area contributed by atoms with Gasteiger partial charge in [0.1, 0.15) is 5.82 Å². The van der Waals surface area contributed by atoms with Crippen LogP contribution >= 0.6 is 0 Å². The zero-order valence-corrected chi connectivity index (χ0v) is 13.9. The summed E-state index contributed by atoms with van der Waals surface area (Å²) in [4.78, 5) is 7.38.